The minimum Gasteiger partial charge on any atom is -0.369 e. The second-order valence-corrected chi connectivity index (χ2v) is 4.01. The first-order valence-corrected chi connectivity index (χ1v) is 4.35. The summed E-state index contributed by atoms with van der Waals surface area (Å²) in [4.78, 5) is 0. The van der Waals surface area contributed by atoms with Crippen LogP contribution in [0.2, 0.25) is 0 Å². The van der Waals surface area contributed by atoms with Crippen LogP contribution in [-0.2, 0) is 4.74 Å². The minimum absolute atomic E-state index is 0.686. The van der Waals surface area contributed by atoms with E-state index in [0.717, 1.165) is 24.2 Å². The first-order chi connectivity index (χ1) is 4.90. The Balaban J connectivity index is 1.85. The van der Waals surface area contributed by atoms with E-state index < -0.39 is 0 Å². The normalized spacial score (nSPS) is 62.7. The van der Waals surface area contributed by atoms with Crippen LogP contribution in [0, 0.1) is 24.7 Å². The molecule has 55 valence electrons. The number of fused-ring (bicyclic) bond motifs is 5. The molecule has 0 amide bonds. The Morgan fingerprint density at radius 2 is 2.20 bits per heavy atom. The summed E-state index contributed by atoms with van der Waals surface area (Å²) < 4.78 is 5.54. The van der Waals surface area contributed by atoms with Crippen molar-refractivity contribution >= 4 is 0 Å². The quantitative estimate of drug-likeness (QED) is 0.500. The van der Waals surface area contributed by atoms with E-state index in [1.807, 2.05) is 0 Å². The molecule has 1 saturated heterocycles. The molecule has 3 rings (SSSR count). The zero-order chi connectivity index (χ0) is 6.72. The van der Waals surface area contributed by atoms with Gasteiger partial charge in [0.05, 0.1) is 12.2 Å². The molecule has 5 atom stereocenters. The molecule has 1 heteroatoms. The van der Waals surface area contributed by atoms with Crippen molar-refractivity contribution in [3.8, 4) is 0 Å². The Morgan fingerprint density at radius 3 is 2.80 bits per heavy atom. The monoisotopic (exact) mass is 137 g/mol. The lowest BCUT2D eigenvalue weighted by Crippen LogP contribution is -2.16. The van der Waals surface area contributed by atoms with Gasteiger partial charge in [0.15, 0.2) is 0 Å². The van der Waals surface area contributed by atoms with Crippen LogP contribution in [0.3, 0.4) is 0 Å². The lowest BCUT2D eigenvalue weighted by molar-refractivity contribution is 0.250. The molecule has 1 nitrogen and oxygen atoms in total. The maximum atomic E-state index is 5.54. The summed E-state index contributed by atoms with van der Waals surface area (Å²) in [5, 5.41) is 0. The molecule has 1 heterocycles. The first kappa shape index (κ1) is 5.59. The molecule has 2 bridgehead atoms. The summed E-state index contributed by atoms with van der Waals surface area (Å²) in [7, 11) is 0. The highest BCUT2D eigenvalue weighted by Crippen LogP contribution is 2.59. The topological polar surface area (TPSA) is 12.5 Å². The second-order valence-electron chi connectivity index (χ2n) is 4.01. The number of hydrogen-bond acceptors (Lipinski definition) is 1. The predicted molar refractivity (Wildman–Crippen MR) is 38.3 cm³/mol. The van der Waals surface area contributed by atoms with Gasteiger partial charge < -0.3 is 4.74 Å². The first-order valence-electron chi connectivity index (χ1n) is 4.35. The predicted octanol–water partition coefficient (Wildman–Crippen LogP) is 1.63. The molecule has 2 aliphatic carbocycles. The average molecular weight is 137 g/mol. The van der Waals surface area contributed by atoms with E-state index in [1.54, 1.807) is 0 Å². The molecule has 0 aromatic carbocycles. The highest BCUT2D eigenvalue weighted by atomic mass is 16.6. The largest absolute Gasteiger partial charge is 0.369 e. The van der Waals surface area contributed by atoms with Gasteiger partial charge in [0, 0.05) is 0 Å². The van der Waals surface area contributed by atoms with Crippen LogP contribution >= 0.6 is 0 Å². The van der Waals surface area contributed by atoms with Gasteiger partial charge in [0.25, 0.3) is 0 Å². The maximum absolute atomic E-state index is 5.54. The van der Waals surface area contributed by atoms with Gasteiger partial charge in [-0.25, -0.2) is 0 Å². The molecule has 3 aliphatic rings. The van der Waals surface area contributed by atoms with Crippen molar-refractivity contribution in [3.63, 3.8) is 0 Å². The molecule has 0 aromatic heterocycles. The Bertz CT molecular complexity index is 166. The summed E-state index contributed by atoms with van der Waals surface area (Å²) in [5.41, 5.74) is 0. The van der Waals surface area contributed by atoms with E-state index in [1.165, 1.54) is 12.8 Å². The molecule has 1 radical (unpaired) electrons. The van der Waals surface area contributed by atoms with Crippen molar-refractivity contribution < 1.29 is 4.74 Å². The lowest BCUT2D eigenvalue weighted by Gasteiger charge is -2.15. The number of hydrogen-bond donors (Lipinski definition) is 0. The summed E-state index contributed by atoms with van der Waals surface area (Å²) in [6.45, 7) is 3.98. The molecule has 2 saturated carbocycles. The fraction of sp³-hybridized carbons (Fsp3) is 0.889. The van der Waals surface area contributed by atoms with E-state index in [-0.39, 0.29) is 0 Å². The van der Waals surface area contributed by atoms with E-state index in [0.29, 0.717) is 12.2 Å². The third kappa shape index (κ3) is 0.493. The van der Waals surface area contributed by atoms with Crippen LogP contribution in [0.25, 0.3) is 0 Å². The lowest BCUT2D eigenvalue weighted by atomic mass is 9.87. The van der Waals surface area contributed by atoms with Crippen molar-refractivity contribution in [1.82, 2.24) is 0 Å². The van der Waals surface area contributed by atoms with Gasteiger partial charge >= 0.3 is 0 Å². The minimum atomic E-state index is 0.686. The fourth-order valence-corrected chi connectivity index (χ4v) is 3.06. The smallest absolute Gasteiger partial charge is 0.0875 e. The Labute approximate surface area is 61.8 Å². The van der Waals surface area contributed by atoms with Crippen molar-refractivity contribution in [2.24, 2.45) is 17.8 Å². The summed E-state index contributed by atoms with van der Waals surface area (Å²) in [6.07, 6.45) is 5.39. The van der Waals surface area contributed by atoms with Gasteiger partial charge in [0.1, 0.15) is 0 Å². The number of rotatable bonds is 1. The molecular weight excluding hydrogens is 124 g/mol. The zero-order valence-electron chi connectivity index (χ0n) is 6.12. The van der Waals surface area contributed by atoms with Gasteiger partial charge in [-0.1, -0.05) is 13.3 Å². The highest BCUT2D eigenvalue weighted by molar-refractivity contribution is 5.10. The third-order valence-corrected chi connectivity index (χ3v) is 3.60. The molecule has 0 N–H and O–H groups in total. The molecule has 1 aliphatic heterocycles. The third-order valence-electron chi connectivity index (χ3n) is 3.60. The number of epoxide rings is 1. The maximum Gasteiger partial charge on any atom is 0.0875 e. The molecule has 0 spiro atoms. The van der Waals surface area contributed by atoms with Crippen molar-refractivity contribution in [3.05, 3.63) is 6.92 Å². The number of ether oxygens (including phenoxy) is 1. The molecular formula is C9H13O. The SMILES string of the molecule is [CH2]CC1CC2CC1C1OC21. The average Bonchev–Trinajstić information content (AvgIpc) is 2.58. The standard InChI is InChI=1S/C9H13O/c1-2-5-3-6-4-7(5)9-8(6)10-9/h5-9H,1-4H2. The second kappa shape index (κ2) is 1.58. The van der Waals surface area contributed by atoms with Crippen molar-refractivity contribution in [1.29, 1.82) is 0 Å². The van der Waals surface area contributed by atoms with Crippen molar-refractivity contribution in [2.45, 2.75) is 31.5 Å². The van der Waals surface area contributed by atoms with Gasteiger partial charge in [-0.15, -0.1) is 0 Å². The Kier molecular flexibility index (Phi) is 0.883. The van der Waals surface area contributed by atoms with E-state index >= 15 is 0 Å². The van der Waals surface area contributed by atoms with Crippen LogP contribution < -0.4 is 0 Å². The van der Waals surface area contributed by atoms with E-state index in [9.17, 15) is 0 Å². The molecule has 3 fully saturated rings. The summed E-state index contributed by atoms with van der Waals surface area (Å²) >= 11 is 0. The van der Waals surface area contributed by atoms with Crippen molar-refractivity contribution in [2.75, 3.05) is 0 Å². The van der Waals surface area contributed by atoms with Gasteiger partial charge in [0.2, 0.25) is 0 Å². The highest BCUT2D eigenvalue weighted by Gasteiger charge is 2.62. The molecule has 0 aromatic rings. The van der Waals surface area contributed by atoms with Gasteiger partial charge in [-0.2, -0.15) is 0 Å². The van der Waals surface area contributed by atoms with Gasteiger partial charge in [-0.05, 0) is 30.6 Å². The zero-order valence-corrected chi connectivity index (χ0v) is 6.12. The molecule has 10 heavy (non-hydrogen) atoms. The summed E-state index contributed by atoms with van der Waals surface area (Å²) in [6, 6.07) is 0. The van der Waals surface area contributed by atoms with Crippen LogP contribution in [0.1, 0.15) is 19.3 Å². The van der Waals surface area contributed by atoms with E-state index in [2.05, 4.69) is 6.92 Å². The molecule has 5 unspecified atom stereocenters. The van der Waals surface area contributed by atoms with Crippen LogP contribution in [0.5, 0.6) is 0 Å². The Hall–Kier alpha value is -0.0400. The van der Waals surface area contributed by atoms with Crippen LogP contribution in [0.15, 0.2) is 0 Å². The Morgan fingerprint density at radius 1 is 1.30 bits per heavy atom. The fourth-order valence-electron chi connectivity index (χ4n) is 3.06. The van der Waals surface area contributed by atoms with Crippen LogP contribution in [-0.4, -0.2) is 12.2 Å². The van der Waals surface area contributed by atoms with Crippen LogP contribution in [0.4, 0.5) is 0 Å². The summed E-state index contributed by atoms with van der Waals surface area (Å²) in [5.74, 6) is 2.75. The van der Waals surface area contributed by atoms with Gasteiger partial charge in [-0.3, -0.25) is 0 Å². The van der Waals surface area contributed by atoms with E-state index in [4.69, 9.17) is 4.74 Å².